The van der Waals surface area contributed by atoms with E-state index in [-0.39, 0.29) is 6.61 Å². The van der Waals surface area contributed by atoms with Crippen LogP contribution in [0.15, 0.2) is 24.3 Å². The quantitative estimate of drug-likeness (QED) is 0.772. The summed E-state index contributed by atoms with van der Waals surface area (Å²) in [5.41, 5.74) is 0.866. The van der Waals surface area contributed by atoms with E-state index in [4.69, 9.17) is 28.3 Å². The maximum atomic E-state index is 8.60. The highest BCUT2D eigenvalue weighted by molar-refractivity contribution is 6.37. The molecule has 0 aromatic heterocycles. The molecule has 0 saturated heterocycles. The molecule has 1 aromatic rings. The largest absolute Gasteiger partial charge is 0.396 e. The van der Waals surface area contributed by atoms with E-state index >= 15 is 0 Å². The summed E-state index contributed by atoms with van der Waals surface area (Å²) in [6.45, 7) is 0.251. The van der Waals surface area contributed by atoms with Gasteiger partial charge in [-0.05, 0) is 31.4 Å². The molecule has 1 N–H and O–H groups in total. The molecule has 1 rings (SSSR count). The van der Waals surface area contributed by atoms with E-state index in [1.807, 2.05) is 30.4 Å². The van der Waals surface area contributed by atoms with Crippen LogP contribution in [0.4, 0.5) is 0 Å². The summed E-state index contributed by atoms with van der Waals surface area (Å²) < 4.78 is 0. The monoisotopic (exact) mass is 244 g/mol. The first kappa shape index (κ1) is 12.6. The Labute approximate surface area is 100 Å². The molecule has 82 valence electrons. The molecular weight excluding hydrogens is 231 g/mol. The van der Waals surface area contributed by atoms with Crippen molar-refractivity contribution in [2.75, 3.05) is 6.61 Å². The van der Waals surface area contributed by atoms with Gasteiger partial charge in [0, 0.05) is 22.2 Å². The van der Waals surface area contributed by atoms with Crippen LogP contribution >= 0.6 is 23.2 Å². The number of halogens is 2. The molecule has 0 saturated carbocycles. The Hall–Kier alpha value is -0.500. The van der Waals surface area contributed by atoms with Gasteiger partial charge in [0.1, 0.15) is 0 Å². The van der Waals surface area contributed by atoms with E-state index in [1.165, 1.54) is 0 Å². The fraction of sp³-hybridized carbons (Fsp3) is 0.333. The summed E-state index contributed by atoms with van der Waals surface area (Å²) in [5.74, 6) is 0. The highest BCUT2D eigenvalue weighted by Gasteiger charge is 2.00. The normalized spacial score (nSPS) is 11.1. The molecule has 0 radical (unpaired) electrons. The van der Waals surface area contributed by atoms with Crippen molar-refractivity contribution in [2.45, 2.75) is 19.3 Å². The number of rotatable bonds is 5. The summed E-state index contributed by atoms with van der Waals surface area (Å²) in [7, 11) is 0. The van der Waals surface area contributed by atoms with Gasteiger partial charge in [-0.2, -0.15) is 0 Å². The Morgan fingerprint density at radius 3 is 2.40 bits per heavy atom. The average Bonchev–Trinajstić information content (AvgIpc) is 2.21. The number of hydrogen-bond donors (Lipinski definition) is 1. The summed E-state index contributed by atoms with van der Waals surface area (Å²) in [6, 6.07) is 5.47. The van der Waals surface area contributed by atoms with Gasteiger partial charge in [-0.3, -0.25) is 0 Å². The lowest BCUT2D eigenvalue weighted by molar-refractivity contribution is 0.285. The third kappa shape index (κ3) is 4.25. The molecule has 1 aromatic carbocycles. The zero-order valence-electron chi connectivity index (χ0n) is 8.42. The zero-order chi connectivity index (χ0) is 11.1. The first-order valence-corrected chi connectivity index (χ1v) is 5.72. The number of allylic oxidation sites excluding steroid dienone is 1. The average molecular weight is 245 g/mol. The van der Waals surface area contributed by atoms with Crippen LogP contribution in [0.25, 0.3) is 6.08 Å². The Balaban J connectivity index is 2.56. The Kier molecular flexibility index (Phi) is 5.77. The molecule has 15 heavy (non-hydrogen) atoms. The van der Waals surface area contributed by atoms with E-state index in [0.29, 0.717) is 10.0 Å². The molecule has 0 heterocycles. The second-order valence-corrected chi connectivity index (χ2v) is 4.07. The smallest absolute Gasteiger partial charge is 0.0493 e. The van der Waals surface area contributed by atoms with Crippen LogP contribution in [0.2, 0.25) is 10.0 Å². The molecule has 0 amide bonds. The summed E-state index contributed by atoms with van der Waals surface area (Å²) in [4.78, 5) is 0. The topological polar surface area (TPSA) is 20.2 Å². The SMILES string of the molecule is OCCCC/C=C/c1c(Cl)cccc1Cl. The third-order valence-corrected chi connectivity index (χ3v) is 2.72. The highest BCUT2D eigenvalue weighted by atomic mass is 35.5. The molecule has 0 unspecified atom stereocenters. The molecule has 1 nitrogen and oxygen atoms in total. The van der Waals surface area contributed by atoms with Crippen LogP contribution in [0.5, 0.6) is 0 Å². The summed E-state index contributed by atoms with van der Waals surface area (Å²) >= 11 is 12.0. The Morgan fingerprint density at radius 2 is 1.80 bits per heavy atom. The van der Waals surface area contributed by atoms with Crippen molar-refractivity contribution >= 4 is 29.3 Å². The van der Waals surface area contributed by atoms with Crippen molar-refractivity contribution in [3.63, 3.8) is 0 Å². The van der Waals surface area contributed by atoms with Crippen molar-refractivity contribution in [3.8, 4) is 0 Å². The van der Waals surface area contributed by atoms with Gasteiger partial charge in [-0.25, -0.2) is 0 Å². The summed E-state index contributed by atoms with van der Waals surface area (Å²) in [5, 5.41) is 9.94. The van der Waals surface area contributed by atoms with E-state index in [2.05, 4.69) is 0 Å². The first-order valence-electron chi connectivity index (χ1n) is 4.97. The van der Waals surface area contributed by atoms with Crippen LogP contribution in [0.1, 0.15) is 24.8 Å². The van der Waals surface area contributed by atoms with Gasteiger partial charge in [-0.15, -0.1) is 0 Å². The third-order valence-electron chi connectivity index (χ3n) is 2.06. The lowest BCUT2D eigenvalue weighted by Crippen LogP contribution is -1.81. The molecule has 0 spiro atoms. The van der Waals surface area contributed by atoms with Gasteiger partial charge in [0.25, 0.3) is 0 Å². The number of hydrogen-bond acceptors (Lipinski definition) is 1. The minimum Gasteiger partial charge on any atom is -0.396 e. The molecule has 0 bridgehead atoms. The van der Waals surface area contributed by atoms with E-state index in [9.17, 15) is 0 Å². The van der Waals surface area contributed by atoms with Crippen molar-refractivity contribution < 1.29 is 5.11 Å². The fourth-order valence-electron chi connectivity index (χ4n) is 1.25. The lowest BCUT2D eigenvalue weighted by atomic mass is 10.1. The van der Waals surface area contributed by atoms with Gasteiger partial charge < -0.3 is 5.11 Å². The minimum absolute atomic E-state index is 0.251. The maximum absolute atomic E-state index is 8.60. The number of aliphatic hydroxyl groups excluding tert-OH is 1. The van der Waals surface area contributed by atoms with Crippen molar-refractivity contribution in [3.05, 3.63) is 39.9 Å². The number of aliphatic hydroxyl groups is 1. The molecule has 0 aliphatic heterocycles. The highest BCUT2D eigenvalue weighted by Crippen LogP contribution is 2.25. The number of benzene rings is 1. The van der Waals surface area contributed by atoms with Crippen LogP contribution < -0.4 is 0 Å². The molecule has 0 atom stereocenters. The maximum Gasteiger partial charge on any atom is 0.0493 e. The number of unbranched alkanes of at least 4 members (excludes halogenated alkanes) is 2. The van der Waals surface area contributed by atoms with Gasteiger partial charge >= 0.3 is 0 Å². The van der Waals surface area contributed by atoms with E-state index < -0.39 is 0 Å². The van der Waals surface area contributed by atoms with Gasteiger partial charge in [-0.1, -0.05) is 41.4 Å². The van der Waals surface area contributed by atoms with Crippen molar-refractivity contribution in [1.82, 2.24) is 0 Å². The molecule has 0 aliphatic carbocycles. The second kappa shape index (κ2) is 6.89. The van der Waals surface area contributed by atoms with Crippen molar-refractivity contribution in [2.24, 2.45) is 0 Å². The molecular formula is C12H14Cl2O. The Morgan fingerprint density at radius 1 is 1.13 bits per heavy atom. The van der Waals surface area contributed by atoms with Crippen LogP contribution in [-0.4, -0.2) is 11.7 Å². The van der Waals surface area contributed by atoms with Gasteiger partial charge in [0.15, 0.2) is 0 Å². The standard InChI is InChI=1S/C12H14Cl2O/c13-11-7-5-8-12(14)10(11)6-3-1-2-4-9-15/h3,5-8,15H,1-2,4,9H2/b6-3+. The van der Waals surface area contributed by atoms with E-state index in [1.54, 1.807) is 0 Å². The second-order valence-electron chi connectivity index (χ2n) is 3.26. The van der Waals surface area contributed by atoms with Crippen LogP contribution in [-0.2, 0) is 0 Å². The predicted molar refractivity (Wildman–Crippen MR) is 66.4 cm³/mol. The van der Waals surface area contributed by atoms with Crippen LogP contribution in [0, 0.1) is 0 Å². The first-order chi connectivity index (χ1) is 7.25. The molecule has 3 heteroatoms. The summed E-state index contributed by atoms with van der Waals surface area (Å²) in [6.07, 6.45) is 6.71. The molecule has 0 fully saturated rings. The van der Waals surface area contributed by atoms with Crippen LogP contribution in [0.3, 0.4) is 0 Å². The Bertz CT molecular complexity index is 314. The predicted octanol–water partition coefficient (Wildman–Crippen LogP) is 4.17. The lowest BCUT2D eigenvalue weighted by Gasteiger charge is -2.00. The van der Waals surface area contributed by atoms with Gasteiger partial charge in [0.05, 0.1) is 0 Å². The minimum atomic E-state index is 0.251. The van der Waals surface area contributed by atoms with Gasteiger partial charge in [0.2, 0.25) is 0 Å². The molecule has 0 aliphatic rings. The van der Waals surface area contributed by atoms with E-state index in [0.717, 1.165) is 24.8 Å². The fourth-order valence-corrected chi connectivity index (χ4v) is 1.77. The zero-order valence-corrected chi connectivity index (χ0v) is 9.93. The van der Waals surface area contributed by atoms with Crippen molar-refractivity contribution in [1.29, 1.82) is 0 Å².